The topological polar surface area (TPSA) is 53.4 Å². The van der Waals surface area contributed by atoms with Crippen molar-refractivity contribution in [2.24, 2.45) is 5.92 Å². The fourth-order valence-electron chi connectivity index (χ4n) is 3.63. The Labute approximate surface area is 163 Å². The minimum absolute atomic E-state index is 0.00727. The summed E-state index contributed by atoms with van der Waals surface area (Å²) in [6, 6.07) is 17.9. The van der Waals surface area contributed by atoms with E-state index in [0.717, 1.165) is 26.6 Å². The number of rotatable bonds is 4. The molecule has 1 aliphatic heterocycles. The highest BCUT2D eigenvalue weighted by Crippen LogP contribution is 2.34. The largest absolute Gasteiger partial charge is 0.391 e. The maximum absolute atomic E-state index is 13.0. The standard InChI is InChI=1S/C22H22N2O2S/c1-15-11-20(27-21(15)16-7-3-2-4-8-16)22(26)24-13-17(19(25)14-24)12-18-9-5-6-10-23-18/h2-11,17,19,25H,12-14H2,1H3/t17-,19-/m1/s1. The lowest BCUT2D eigenvalue weighted by Crippen LogP contribution is -2.28. The van der Waals surface area contributed by atoms with Gasteiger partial charge in [0, 0.05) is 35.8 Å². The predicted octanol–water partition coefficient (Wildman–Crippen LogP) is 3.79. The molecule has 1 N–H and O–H groups in total. The van der Waals surface area contributed by atoms with E-state index in [4.69, 9.17) is 0 Å². The Morgan fingerprint density at radius 2 is 1.96 bits per heavy atom. The zero-order chi connectivity index (χ0) is 18.8. The summed E-state index contributed by atoms with van der Waals surface area (Å²) in [5.74, 6) is 0.0337. The molecule has 2 aromatic heterocycles. The quantitative estimate of drug-likeness (QED) is 0.751. The monoisotopic (exact) mass is 378 g/mol. The van der Waals surface area contributed by atoms with Gasteiger partial charge in [-0.15, -0.1) is 11.3 Å². The Kier molecular flexibility index (Phi) is 5.05. The van der Waals surface area contributed by atoms with Gasteiger partial charge in [0.1, 0.15) is 0 Å². The van der Waals surface area contributed by atoms with Crippen LogP contribution < -0.4 is 0 Å². The number of aromatic nitrogens is 1. The number of aliphatic hydroxyl groups excluding tert-OH is 1. The van der Waals surface area contributed by atoms with E-state index < -0.39 is 6.10 Å². The van der Waals surface area contributed by atoms with Crippen LogP contribution in [-0.2, 0) is 6.42 Å². The molecular weight excluding hydrogens is 356 g/mol. The first-order valence-corrected chi connectivity index (χ1v) is 9.96. The summed E-state index contributed by atoms with van der Waals surface area (Å²) in [6.07, 6.45) is 1.94. The lowest BCUT2D eigenvalue weighted by atomic mass is 10.00. The lowest BCUT2D eigenvalue weighted by molar-refractivity contribution is 0.0769. The van der Waals surface area contributed by atoms with Crippen LogP contribution in [0.25, 0.3) is 10.4 Å². The third-order valence-corrected chi connectivity index (χ3v) is 6.33. The van der Waals surface area contributed by atoms with Crippen LogP contribution >= 0.6 is 11.3 Å². The van der Waals surface area contributed by atoms with E-state index >= 15 is 0 Å². The number of thiophene rings is 1. The summed E-state index contributed by atoms with van der Waals surface area (Å²) in [4.78, 5) is 21.0. The number of nitrogens with zero attached hydrogens (tertiary/aromatic N) is 2. The Hall–Kier alpha value is -2.50. The van der Waals surface area contributed by atoms with Gasteiger partial charge in [0.2, 0.25) is 0 Å². The van der Waals surface area contributed by atoms with Crippen molar-refractivity contribution in [1.82, 2.24) is 9.88 Å². The molecule has 4 nitrogen and oxygen atoms in total. The van der Waals surface area contributed by atoms with Crippen LogP contribution in [-0.4, -0.2) is 40.1 Å². The molecule has 0 saturated carbocycles. The highest BCUT2D eigenvalue weighted by Gasteiger charge is 2.35. The van der Waals surface area contributed by atoms with Crippen molar-refractivity contribution in [1.29, 1.82) is 0 Å². The van der Waals surface area contributed by atoms with Gasteiger partial charge in [0.05, 0.1) is 11.0 Å². The number of aryl methyl sites for hydroxylation is 1. The fourth-order valence-corrected chi connectivity index (χ4v) is 4.77. The molecule has 3 aromatic rings. The van der Waals surface area contributed by atoms with Gasteiger partial charge < -0.3 is 10.0 Å². The maximum atomic E-state index is 13.0. The number of likely N-dealkylation sites (tertiary alicyclic amines) is 1. The molecule has 5 heteroatoms. The second-order valence-corrected chi connectivity index (χ2v) is 8.10. The van der Waals surface area contributed by atoms with Gasteiger partial charge in [0.15, 0.2) is 0 Å². The van der Waals surface area contributed by atoms with Crippen LogP contribution in [0.3, 0.4) is 0 Å². The maximum Gasteiger partial charge on any atom is 0.264 e. The molecule has 138 valence electrons. The third-order valence-electron chi connectivity index (χ3n) is 5.06. The average Bonchev–Trinajstić information content (AvgIpc) is 3.26. The van der Waals surface area contributed by atoms with Crippen LogP contribution in [0, 0.1) is 12.8 Å². The minimum Gasteiger partial charge on any atom is -0.391 e. The van der Waals surface area contributed by atoms with Crippen LogP contribution in [0.5, 0.6) is 0 Å². The number of pyridine rings is 1. The van der Waals surface area contributed by atoms with E-state index in [-0.39, 0.29) is 11.8 Å². The highest BCUT2D eigenvalue weighted by atomic mass is 32.1. The van der Waals surface area contributed by atoms with Crippen LogP contribution in [0.1, 0.15) is 20.9 Å². The van der Waals surface area contributed by atoms with Gasteiger partial charge in [-0.1, -0.05) is 36.4 Å². The van der Waals surface area contributed by atoms with Gasteiger partial charge in [-0.2, -0.15) is 0 Å². The molecule has 1 aromatic carbocycles. The molecule has 0 radical (unpaired) electrons. The van der Waals surface area contributed by atoms with Crippen LogP contribution in [0.2, 0.25) is 0 Å². The van der Waals surface area contributed by atoms with E-state index in [0.29, 0.717) is 19.5 Å². The molecule has 1 amide bonds. The van der Waals surface area contributed by atoms with Crippen molar-refractivity contribution in [3.63, 3.8) is 0 Å². The van der Waals surface area contributed by atoms with Crippen molar-refractivity contribution in [2.75, 3.05) is 13.1 Å². The average molecular weight is 378 g/mol. The molecule has 2 atom stereocenters. The first-order valence-electron chi connectivity index (χ1n) is 9.15. The predicted molar refractivity (Wildman–Crippen MR) is 108 cm³/mol. The molecular formula is C22H22N2O2S. The van der Waals surface area contributed by atoms with Crippen molar-refractivity contribution < 1.29 is 9.90 Å². The molecule has 1 aliphatic rings. The Bertz CT molecular complexity index is 924. The van der Waals surface area contributed by atoms with Gasteiger partial charge in [-0.25, -0.2) is 0 Å². The lowest BCUT2D eigenvalue weighted by Gasteiger charge is -2.15. The van der Waals surface area contributed by atoms with Gasteiger partial charge in [0.25, 0.3) is 5.91 Å². The SMILES string of the molecule is Cc1cc(C(=O)N2C[C@@H](Cc3ccccn3)[C@H](O)C2)sc1-c1ccccc1. The summed E-state index contributed by atoms with van der Waals surface area (Å²) >= 11 is 1.53. The molecule has 1 saturated heterocycles. The number of β-amino-alcohol motifs (C(OH)–C–C–N with tert-alkyl or cyclic N) is 1. The van der Waals surface area contributed by atoms with E-state index in [1.54, 1.807) is 11.1 Å². The van der Waals surface area contributed by atoms with Gasteiger partial charge >= 0.3 is 0 Å². The number of amides is 1. The molecule has 0 aliphatic carbocycles. The molecule has 0 bridgehead atoms. The number of carbonyl (C=O) groups is 1. The van der Waals surface area contributed by atoms with E-state index in [1.165, 1.54) is 11.3 Å². The summed E-state index contributed by atoms with van der Waals surface area (Å²) in [5, 5.41) is 10.4. The zero-order valence-electron chi connectivity index (χ0n) is 15.2. The molecule has 0 unspecified atom stereocenters. The minimum atomic E-state index is -0.509. The van der Waals surface area contributed by atoms with Crippen LogP contribution in [0.15, 0.2) is 60.8 Å². The molecule has 4 rings (SSSR count). The van der Waals surface area contributed by atoms with E-state index in [9.17, 15) is 9.90 Å². The normalized spacial score (nSPS) is 19.4. The second kappa shape index (κ2) is 7.62. The Morgan fingerprint density at radius 3 is 2.70 bits per heavy atom. The van der Waals surface area contributed by atoms with Gasteiger partial charge in [-0.3, -0.25) is 9.78 Å². The van der Waals surface area contributed by atoms with Crippen molar-refractivity contribution in [3.8, 4) is 10.4 Å². The first kappa shape index (κ1) is 17.9. The summed E-state index contributed by atoms with van der Waals surface area (Å²) in [6.45, 7) is 2.99. The Morgan fingerprint density at radius 1 is 1.19 bits per heavy atom. The fraction of sp³-hybridized carbons (Fsp3) is 0.273. The van der Waals surface area contributed by atoms with Crippen molar-refractivity contribution >= 4 is 17.2 Å². The van der Waals surface area contributed by atoms with E-state index in [1.807, 2.05) is 49.4 Å². The van der Waals surface area contributed by atoms with E-state index in [2.05, 4.69) is 17.1 Å². The smallest absolute Gasteiger partial charge is 0.264 e. The summed E-state index contributed by atoms with van der Waals surface area (Å²) < 4.78 is 0. The van der Waals surface area contributed by atoms with Gasteiger partial charge in [-0.05, 0) is 42.7 Å². The summed E-state index contributed by atoms with van der Waals surface area (Å²) in [7, 11) is 0. The number of carbonyl (C=O) groups excluding carboxylic acids is 1. The summed E-state index contributed by atoms with van der Waals surface area (Å²) in [5.41, 5.74) is 3.20. The zero-order valence-corrected chi connectivity index (χ0v) is 16.0. The van der Waals surface area contributed by atoms with Crippen molar-refractivity contribution in [3.05, 3.63) is 76.9 Å². The first-order chi connectivity index (χ1) is 13.1. The molecule has 1 fully saturated rings. The van der Waals surface area contributed by atoms with Crippen LogP contribution in [0.4, 0.5) is 0 Å². The molecule has 27 heavy (non-hydrogen) atoms. The molecule has 3 heterocycles. The highest BCUT2D eigenvalue weighted by molar-refractivity contribution is 7.17. The number of benzene rings is 1. The number of hydrogen-bond donors (Lipinski definition) is 1. The Balaban J connectivity index is 1.49. The number of hydrogen-bond acceptors (Lipinski definition) is 4. The number of aliphatic hydroxyl groups is 1. The second-order valence-electron chi connectivity index (χ2n) is 7.05. The molecule has 0 spiro atoms. The van der Waals surface area contributed by atoms with Crippen molar-refractivity contribution in [2.45, 2.75) is 19.4 Å². The third kappa shape index (κ3) is 3.80.